The fourth-order valence-corrected chi connectivity index (χ4v) is 2.76. The number of aryl methyl sites for hydroxylation is 1. The molecule has 0 bridgehead atoms. The molecule has 2 heterocycles. The van der Waals surface area contributed by atoms with Gasteiger partial charge in [-0.15, -0.1) is 0 Å². The van der Waals surface area contributed by atoms with Crippen LogP contribution >= 0.6 is 0 Å². The maximum atomic E-state index is 12.3. The van der Waals surface area contributed by atoms with E-state index in [1.807, 2.05) is 62.4 Å². The predicted molar refractivity (Wildman–Crippen MR) is 104 cm³/mol. The van der Waals surface area contributed by atoms with Crippen LogP contribution in [0.4, 0.5) is 0 Å². The Kier molecular flexibility index (Phi) is 4.72. The van der Waals surface area contributed by atoms with Gasteiger partial charge in [0.2, 0.25) is 11.3 Å². The average molecular weight is 374 g/mol. The summed E-state index contributed by atoms with van der Waals surface area (Å²) in [6.45, 7) is 4.43. The van der Waals surface area contributed by atoms with E-state index in [4.69, 9.17) is 9.26 Å². The minimum atomic E-state index is -0.295. The zero-order chi connectivity index (χ0) is 19.5. The Bertz CT molecular complexity index is 1160. The van der Waals surface area contributed by atoms with E-state index in [0.717, 1.165) is 11.3 Å². The van der Waals surface area contributed by atoms with Gasteiger partial charge >= 0.3 is 0 Å². The lowest BCUT2D eigenvalue weighted by atomic mass is 10.2. The fourth-order valence-electron chi connectivity index (χ4n) is 2.76. The normalized spacial score (nSPS) is 10.8. The van der Waals surface area contributed by atoms with Gasteiger partial charge in [-0.25, -0.2) is 4.68 Å². The van der Waals surface area contributed by atoms with E-state index >= 15 is 0 Å². The summed E-state index contributed by atoms with van der Waals surface area (Å²) in [5.41, 5.74) is 2.45. The molecule has 0 radical (unpaired) electrons. The van der Waals surface area contributed by atoms with Crippen molar-refractivity contribution in [3.8, 4) is 34.4 Å². The maximum absolute atomic E-state index is 12.3. The van der Waals surface area contributed by atoms with Crippen LogP contribution < -0.4 is 10.2 Å². The lowest BCUT2D eigenvalue weighted by Gasteiger charge is -2.06. The van der Waals surface area contributed by atoms with E-state index in [0.29, 0.717) is 23.7 Å². The number of nitrogens with zero attached hydrogens (tertiary/aromatic N) is 4. The SMILES string of the molecule is CCOc1ccccc1-c1noc(-c2nn(-c3ccc(C)cc3)ccc2=O)n1. The van der Waals surface area contributed by atoms with Crippen LogP contribution in [0.15, 0.2) is 70.1 Å². The maximum Gasteiger partial charge on any atom is 0.282 e. The first-order valence-corrected chi connectivity index (χ1v) is 8.89. The van der Waals surface area contributed by atoms with Crippen molar-refractivity contribution < 1.29 is 9.26 Å². The molecule has 0 unspecified atom stereocenters. The van der Waals surface area contributed by atoms with E-state index < -0.39 is 0 Å². The molecule has 28 heavy (non-hydrogen) atoms. The molecule has 0 amide bonds. The highest BCUT2D eigenvalue weighted by molar-refractivity contribution is 5.65. The smallest absolute Gasteiger partial charge is 0.282 e. The van der Waals surface area contributed by atoms with E-state index in [1.54, 1.807) is 10.9 Å². The Morgan fingerprint density at radius 1 is 1.07 bits per heavy atom. The van der Waals surface area contributed by atoms with Gasteiger partial charge in [-0.3, -0.25) is 4.79 Å². The minimum absolute atomic E-state index is 0.0627. The largest absolute Gasteiger partial charge is 0.493 e. The lowest BCUT2D eigenvalue weighted by molar-refractivity contribution is 0.341. The van der Waals surface area contributed by atoms with Gasteiger partial charge in [0.25, 0.3) is 5.89 Å². The van der Waals surface area contributed by atoms with Crippen molar-refractivity contribution in [1.29, 1.82) is 0 Å². The Labute approximate surface area is 161 Å². The van der Waals surface area contributed by atoms with E-state index in [-0.39, 0.29) is 17.0 Å². The summed E-state index contributed by atoms with van der Waals surface area (Å²) in [4.78, 5) is 16.7. The molecule has 2 aromatic heterocycles. The van der Waals surface area contributed by atoms with Crippen LogP contribution in [0.2, 0.25) is 0 Å². The third-order valence-electron chi connectivity index (χ3n) is 4.16. The molecular weight excluding hydrogens is 356 g/mol. The van der Waals surface area contributed by atoms with Crippen LogP contribution in [0.3, 0.4) is 0 Å². The number of rotatable bonds is 5. The molecule has 2 aromatic carbocycles. The molecule has 4 aromatic rings. The lowest BCUT2D eigenvalue weighted by Crippen LogP contribution is -2.12. The summed E-state index contributed by atoms with van der Waals surface area (Å²) in [5.74, 6) is 1.05. The van der Waals surface area contributed by atoms with Crippen molar-refractivity contribution in [2.24, 2.45) is 0 Å². The third-order valence-corrected chi connectivity index (χ3v) is 4.16. The molecule has 0 aliphatic heterocycles. The van der Waals surface area contributed by atoms with Crippen LogP contribution in [0.25, 0.3) is 28.7 Å². The van der Waals surface area contributed by atoms with Gasteiger partial charge in [-0.2, -0.15) is 10.1 Å². The van der Waals surface area contributed by atoms with Crippen molar-refractivity contribution in [2.75, 3.05) is 6.61 Å². The second-order valence-corrected chi connectivity index (χ2v) is 6.16. The van der Waals surface area contributed by atoms with Crippen molar-refractivity contribution in [1.82, 2.24) is 19.9 Å². The van der Waals surface area contributed by atoms with Gasteiger partial charge in [-0.1, -0.05) is 35.0 Å². The second kappa shape index (κ2) is 7.48. The van der Waals surface area contributed by atoms with Crippen molar-refractivity contribution in [3.63, 3.8) is 0 Å². The van der Waals surface area contributed by atoms with E-state index in [2.05, 4.69) is 15.2 Å². The topological polar surface area (TPSA) is 83.0 Å². The Morgan fingerprint density at radius 3 is 2.64 bits per heavy atom. The highest BCUT2D eigenvalue weighted by atomic mass is 16.5. The van der Waals surface area contributed by atoms with Crippen LogP contribution in [-0.2, 0) is 0 Å². The molecule has 0 atom stereocenters. The van der Waals surface area contributed by atoms with E-state index in [9.17, 15) is 4.79 Å². The first kappa shape index (κ1) is 17.7. The number of aromatic nitrogens is 4. The Balaban J connectivity index is 1.74. The molecule has 0 saturated heterocycles. The van der Waals surface area contributed by atoms with Crippen LogP contribution in [-0.4, -0.2) is 26.5 Å². The number of hydrogen-bond acceptors (Lipinski definition) is 6. The molecule has 0 aliphatic carbocycles. The summed E-state index contributed by atoms with van der Waals surface area (Å²) >= 11 is 0. The molecule has 140 valence electrons. The summed E-state index contributed by atoms with van der Waals surface area (Å²) in [7, 11) is 0. The Morgan fingerprint density at radius 2 is 1.86 bits per heavy atom. The number of hydrogen-bond donors (Lipinski definition) is 0. The number of para-hydroxylation sites is 1. The van der Waals surface area contributed by atoms with Gasteiger partial charge in [0.15, 0.2) is 5.69 Å². The summed E-state index contributed by atoms with van der Waals surface area (Å²) in [5, 5.41) is 8.39. The zero-order valence-corrected chi connectivity index (χ0v) is 15.5. The molecule has 0 N–H and O–H groups in total. The molecular formula is C21H18N4O3. The minimum Gasteiger partial charge on any atom is -0.493 e. The molecule has 0 spiro atoms. The van der Waals surface area contributed by atoms with Gasteiger partial charge < -0.3 is 9.26 Å². The van der Waals surface area contributed by atoms with Gasteiger partial charge in [0.05, 0.1) is 17.9 Å². The summed E-state index contributed by atoms with van der Waals surface area (Å²) < 4.78 is 12.6. The summed E-state index contributed by atoms with van der Waals surface area (Å²) in [6.07, 6.45) is 1.61. The van der Waals surface area contributed by atoms with Gasteiger partial charge in [0.1, 0.15) is 5.75 Å². The number of benzene rings is 2. The zero-order valence-electron chi connectivity index (χ0n) is 15.5. The van der Waals surface area contributed by atoms with E-state index in [1.165, 1.54) is 6.07 Å². The van der Waals surface area contributed by atoms with Crippen molar-refractivity contribution in [2.45, 2.75) is 13.8 Å². The first-order chi connectivity index (χ1) is 13.7. The first-order valence-electron chi connectivity index (χ1n) is 8.89. The molecule has 4 rings (SSSR count). The quantitative estimate of drug-likeness (QED) is 0.530. The highest BCUT2D eigenvalue weighted by Gasteiger charge is 2.18. The average Bonchev–Trinajstić information content (AvgIpc) is 3.19. The van der Waals surface area contributed by atoms with Crippen LogP contribution in [0.1, 0.15) is 12.5 Å². The standard InChI is InChI=1S/C21H18N4O3/c1-3-27-18-7-5-4-6-16(18)20-22-21(28-24-20)19-17(26)12-13-25(23-19)15-10-8-14(2)9-11-15/h4-13H,3H2,1-2H3. The predicted octanol–water partition coefficient (Wildman–Crippen LogP) is 3.66. The fraction of sp³-hybridized carbons (Fsp3) is 0.143. The van der Waals surface area contributed by atoms with Gasteiger partial charge in [0, 0.05) is 12.3 Å². The van der Waals surface area contributed by atoms with Crippen molar-refractivity contribution in [3.05, 3.63) is 76.6 Å². The molecule has 0 fully saturated rings. The summed E-state index contributed by atoms with van der Waals surface area (Å²) in [6, 6.07) is 16.6. The second-order valence-electron chi connectivity index (χ2n) is 6.16. The Hall–Kier alpha value is -3.74. The van der Waals surface area contributed by atoms with Crippen LogP contribution in [0, 0.1) is 6.92 Å². The highest BCUT2D eigenvalue weighted by Crippen LogP contribution is 2.28. The van der Waals surface area contributed by atoms with Gasteiger partial charge in [-0.05, 0) is 38.1 Å². The van der Waals surface area contributed by atoms with Crippen LogP contribution in [0.5, 0.6) is 5.75 Å². The monoisotopic (exact) mass is 374 g/mol. The molecule has 7 nitrogen and oxygen atoms in total. The molecule has 0 saturated carbocycles. The van der Waals surface area contributed by atoms with Crippen molar-refractivity contribution >= 4 is 0 Å². The molecule has 7 heteroatoms. The molecule has 0 aliphatic rings. The number of ether oxygens (including phenoxy) is 1. The third kappa shape index (κ3) is 3.42.